The van der Waals surface area contributed by atoms with Gasteiger partial charge in [-0.15, -0.1) is 24.8 Å². The van der Waals surface area contributed by atoms with Crippen molar-refractivity contribution in [2.75, 3.05) is 19.6 Å². The Morgan fingerprint density at radius 3 is 2.11 bits per heavy atom. The third-order valence-electron chi connectivity index (χ3n) is 1.25. The third kappa shape index (κ3) is 4.97. The molecule has 1 aliphatic heterocycles. The molecular formula is C5H14Cl2N2. The average molecular weight is 173 g/mol. The van der Waals surface area contributed by atoms with Gasteiger partial charge in [0.15, 0.2) is 0 Å². The number of nitrogens with one attached hydrogen (secondary N) is 2. The first kappa shape index (κ1) is 12.2. The summed E-state index contributed by atoms with van der Waals surface area (Å²) in [5.41, 5.74) is 0. The van der Waals surface area contributed by atoms with E-state index >= 15 is 0 Å². The van der Waals surface area contributed by atoms with Gasteiger partial charge in [-0.3, -0.25) is 0 Å². The number of rotatable bonds is 0. The van der Waals surface area contributed by atoms with Gasteiger partial charge in [0.2, 0.25) is 0 Å². The zero-order valence-corrected chi connectivity index (χ0v) is 7.15. The second-order valence-electron chi connectivity index (χ2n) is 2.06. The largest absolute Gasteiger partial charge is 0.314 e. The van der Waals surface area contributed by atoms with E-state index in [1.807, 2.05) is 0 Å². The summed E-state index contributed by atoms with van der Waals surface area (Å²) >= 11 is 0. The number of halogens is 2. The molecule has 0 saturated carbocycles. The molecule has 0 spiro atoms. The third-order valence-corrected chi connectivity index (χ3v) is 1.25. The summed E-state index contributed by atoms with van der Waals surface area (Å²) in [7, 11) is 0. The smallest absolute Gasteiger partial charge is 0.0164 e. The lowest BCUT2D eigenvalue weighted by Gasteiger charge is -2.19. The van der Waals surface area contributed by atoms with Crippen LogP contribution in [0.3, 0.4) is 0 Å². The van der Waals surface area contributed by atoms with Crippen molar-refractivity contribution in [1.82, 2.24) is 10.6 Å². The lowest BCUT2D eigenvalue weighted by molar-refractivity contribution is 0.442. The normalized spacial score (nSPS) is 25.7. The van der Waals surface area contributed by atoms with Crippen LogP contribution >= 0.6 is 24.8 Å². The maximum Gasteiger partial charge on any atom is 0.0164 e. The Morgan fingerprint density at radius 2 is 1.89 bits per heavy atom. The molecule has 1 atom stereocenters. The molecule has 0 aliphatic carbocycles. The average Bonchev–Trinajstić information content (AvgIpc) is 1.69. The van der Waals surface area contributed by atoms with Gasteiger partial charge in [-0.05, 0) is 6.92 Å². The van der Waals surface area contributed by atoms with Crippen molar-refractivity contribution in [1.29, 1.82) is 0 Å². The van der Waals surface area contributed by atoms with Crippen LogP contribution in [0.25, 0.3) is 0 Å². The van der Waals surface area contributed by atoms with E-state index in [1.165, 1.54) is 0 Å². The molecule has 4 heteroatoms. The number of piperazine rings is 1. The van der Waals surface area contributed by atoms with Crippen LogP contribution in [0.15, 0.2) is 0 Å². The van der Waals surface area contributed by atoms with E-state index in [4.69, 9.17) is 0 Å². The van der Waals surface area contributed by atoms with Gasteiger partial charge in [0.1, 0.15) is 0 Å². The molecule has 2 nitrogen and oxygen atoms in total. The van der Waals surface area contributed by atoms with Crippen LogP contribution in [0.2, 0.25) is 0 Å². The number of hydrogen-bond acceptors (Lipinski definition) is 2. The second-order valence-corrected chi connectivity index (χ2v) is 2.06. The minimum Gasteiger partial charge on any atom is -0.314 e. The van der Waals surface area contributed by atoms with Crippen LogP contribution in [0.1, 0.15) is 6.92 Å². The van der Waals surface area contributed by atoms with E-state index in [9.17, 15) is 0 Å². The zero-order valence-electron chi connectivity index (χ0n) is 5.52. The van der Waals surface area contributed by atoms with E-state index in [2.05, 4.69) is 17.6 Å². The van der Waals surface area contributed by atoms with Crippen LogP contribution in [-0.2, 0) is 0 Å². The maximum atomic E-state index is 3.32. The Kier molecular flexibility index (Phi) is 8.97. The standard InChI is InChI=1S/C5H12N2.2ClH/c1-5-4-6-2-3-7-5;;/h5-7H,2-4H2,1H3;2*1H/t5-;;/m0../s1. The molecule has 1 saturated heterocycles. The van der Waals surface area contributed by atoms with Crippen LogP contribution in [0, 0.1) is 0 Å². The Balaban J connectivity index is 0. The fourth-order valence-electron chi connectivity index (χ4n) is 0.798. The molecule has 2 N–H and O–H groups in total. The summed E-state index contributed by atoms with van der Waals surface area (Å²) < 4.78 is 0. The fraction of sp³-hybridized carbons (Fsp3) is 1.00. The van der Waals surface area contributed by atoms with Gasteiger partial charge in [0, 0.05) is 25.7 Å². The fourth-order valence-corrected chi connectivity index (χ4v) is 0.798. The molecule has 0 aromatic carbocycles. The lowest BCUT2D eigenvalue weighted by Crippen LogP contribution is -2.46. The van der Waals surface area contributed by atoms with Crippen LogP contribution in [0.5, 0.6) is 0 Å². The summed E-state index contributed by atoms with van der Waals surface area (Å²) in [6, 6.07) is 0.675. The van der Waals surface area contributed by atoms with Crippen LogP contribution in [-0.4, -0.2) is 25.7 Å². The summed E-state index contributed by atoms with van der Waals surface area (Å²) in [5.74, 6) is 0. The Morgan fingerprint density at radius 1 is 1.22 bits per heavy atom. The van der Waals surface area contributed by atoms with Crippen molar-refractivity contribution in [2.45, 2.75) is 13.0 Å². The van der Waals surface area contributed by atoms with Gasteiger partial charge in [-0.2, -0.15) is 0 Å². The zero-order chi connectivity index (χ0) is 5.11. The number of hydrogen-bond donors (Lipinski definition) is 2. The summed E-state index contributed by atoms with van der Waals surface area (Å²) in [6.45, 7) is 5.57. The first-order valence-corrected chi connectivity index (χ1v) is 2.83. The predicted molar refractivity (Wildman–Crippen MR) is 44.8 cm³/mol. The molecule has 1 heterocycles. The molecule has 0 unspecified atom stereocenters. The SMILES string of the molecule is C[C@H]1CNCCN1.Cl.Cl. The first-order chi connectivity index (χ1) is 3.39. The molecule has 0 aromatic heterocycles. The Hall–Kier alpha value is 0.500. The maximum absolute atomic E-state index is 3.32. The van der Waals surface area contributed by atoms with Crippen molar-refractivity contribution < 1.29 is 0 Å². The monoisotopic (exact) mass is 172 g/mol. The van der Waals surface area contributed by atoms with Gasteiger partial charge in [-0.25, -0.2) is 0 Å². The van der Waals surface area contributed by atoms with Crippen molar-refractivity contribution >= 4 is 24.8 Å². The minimum absolute atomic E-state index is 0. The summed E-state index contributed by atoms with van der Waals surface area (Å²) in [4.78, 5) is 0. The molecule has 0 amide bonds. The van der Waals surface area contributed by atoms with E-state index in [1.54, 1.807) is 0 Å². The quantitative estimate of drug-likeness (QED) is 0.554. The van der Waals surface area contributed by atoms with Crippen LogP contribution < -0.4 is 10.6 Å². The van der Waals surface area contributed by atoms with Crippen molar-refractivity contribution in [3.05, 3.63) is 0 Å². The van der Waals surface area contributed by atoms with E-state index in [0.717, 1.165) is 19.6 Å². The highest BCUT2D eigenvalue weighted by Gasteiger charge is 2.03. The molecular weight excluding hydrogens is 159 g/mol. The van der Waals surface area contributed by atoms with Crippen molar-refractivity contribution in [2.24, 2.45) is 0 Å². The van der Waals surface area contributed by atoms with E-state index in [0.29, 0.717) is 6.04 Å². The minimum atomic E-state index is 0. The molecule has 9 heavy (non-hydrogen) atoms. The van der Waals surface area contributed by atoms with Crippen molar-refractivity contribution in [3.63, 3.8) is 0 Å². The van der Waals surface area contributed by atoms with E-state index < -0.39 is 0 Å². The van der Waals surface area contributed by atoms with Gasteiger partial charge in [0.05, 0.1) is 0 Å². The molecule has 0 radical (unpaired) electrons. The lowest BCUT2D eigenvalue weighted by atomic mass is 10.3. The Labute approximate surface area is 68.6 Å². The highest BCUT2D eigenvalue weighted by molar-refractivity contribution is 5.85. The molecule has 1 aliphatic rings. The van der Waals surface area contributed by atoms with Crippen molar-refractivity contribution in [3.8, 4) is 0 Å². The molecule has 0 aromatic rings. The van der Waals surface area contributed by atoms with Gasteiger partial charge in [-0.1, -0.05) is 0 Å². The molecule has 0 bridgehead atoms. The molecule has 1 rings (SSSR count). The second kappa shape index (κ2) is 6.62. The highest BCUT2D eigenvalue weighted by Crippen LogP contribution is 1.80. The van der Waals surface area contributed by atoms with E-state index in [-0.39, 0.29) is 24.8 Å². The van der Waals surface area contributed by atoms with Crippen LogP contribution in [0.4, 0.5) is 0 Å². The Bertz CT molecular complexity index is 54.9. The molecule has 1 fully saturated rings. The first-order valence-electron chi connectivity index (χ1n) is 2.83. The van der Waals surface area contributed by atoms with Gasteiger partial charge >= 0.3 is 0 Å². The molecule has 58 valence electrons. The predicted octanol–water partition coefficient (Wildman–Crippen LogP) is 0.411. The van der Waals surface area contributed by atoms with Gasteiger partial charge in [0.25, 0.3) is 0 Å². The summed E-state index contributed by atoms with van der Waals surface area (Å²) in [6.07, 6.45) is 0. The topological polar surface area (TPSA) is 24.1 Å². The highest BCUT2D eigenvalue weighted by atomic mass is 35.5. The van der Waals surface area contributed by atoms with Gasteiger partial charge < -0.3 is 10.6 Å². The summed E-state index contributed by atoms with van der Waals surface area (Å²) in [5, 5.41) is 6.59.